The Balaban J connectivity index is 1.67. The summed E-state index contributed by atoms with van der Waals surface area (Å²) in [4.78, 5) is 37.7. The largest absolute Gasteiger partial charge is 0.456 e. The van der Waals surface area contributed by atoms with Crippen LogP contribution < -0.4 is 5.32 Å². The van der Waals surface area contributed by atoms with Gasteiger partial charge in [0.25, 0.3) is 11.8 Å². The van der Waals surface area contributed by atoms with Crippen LogP contribution in [0.1, 0.15) is 49.4 Å². The summed E-state index contributed by atoms with van der Waals surface area (Å²) in [5, 5.41) is 3.19. The van der Waals surface area contributed by atoms with Crippen LogP contribution >= 0.6 is 11.6 Å². The number of benzene rings is 1. The highest BCUT2D eigenvalue weighted by atomic mass is 35.5. The van der Waals surface area contributed by atoms with E-state index in [0.717, 1.165) is 32.2 Å². The molecule has 1 atom stereocenters. The smallest absolute Gasteiger partial charge is 0.308 e. The van der Waals surface area contributed by atoms with Crippen LogP contribution in [0, 0.1) is 0 Å². The molecule has 1 N–H and O–H groups in total. The highest BCUT2D eigenvalue weighted by Gasteiger charge is 2.25. The highest BCUT2D eigenvalue weighted by molar-refractivity contribution is 6.30. The van der Waals surface area contributed by atoms with Crippen molar-refractivity contribution in [2.45, 2.75) is 45.1 Å². The molecule has 0 spiro atoms. The van der Waals surface area contributed by atoms with E-state index in [0.29, 0.717) is 10.6 Å². The molecule has 1 saturated heterocycles. The van der Waals surface area contributed by atoms with E-state index in [-0.39, 0.29) is 37.4 Å². The first-order valence-corrected chi connectivity index (χ1v) is 9.38. The number of ether oxygens (including phenoxy) is 1. The number of hydrogen-bond acceptors (Lipinski definition) is 4. The van der Waals surface area contributed by atoms with Gasteiger partial charge in [0, 0.05) is 29.7 Å². The predicted molar refractivity (Wildman–Crippen MR) is 99.0 cm³/mol. The molecule has 142 valence electrons. The summed E-state index contributed by atoms with van der Waals surface area (Å²) >= 11 is 5.77. The maximum atomic E-state index is 12.2. The van der Waals surface area contributed by atoms with Gasteiger partial charge in [-0.05, 0) is 49.9 Å². The molecule has 0 unspecified atom stereocenters. The van der Waals surface area contributed by atoms with Crippen molar-refractivity contribution in [1.82, 2.24) is 10.2 Å². The van der Waals surface area contributed by atoms with E-state index in [1.165, 1.54) is 0 Å². The van der Waals surface area contributed by atoms with Crippen molar-refractivity contribution in [1.29, 1.82) is 0 Å². The number of rotatable bonds is 7. The van der Waals surface area contributed by atoms with Crippen LogP contribution in [0.15, 0.2) is 24.3 Å². The molecule has 26 heavy (non-hydrogen) atoms. The maximum absolute atomic E-state index is 12.2. The molecule has 2 amide bonds. The van der Waals surface area contributed by atoms with E-state index in [9.17, 15) is 14.4 Å². The lowest BCUT2D eigenvalue weighted by Crippen LogP contribution is -2.45. The van der Waals surface area contributed by atoms with Crippen molar-refractivity contribution in [3.8, 4) is 0 Å². The standard InChI is InChI=1S/C19H25ClN2O4/c1-2-16-5-3-4-12-22(16)17(23)13-26-18(24)10-11-21-19(25)14-6-8-15(20)9-7-14/h6-9,16H,2-5,10-13H2,1H3,(H,21,25)/t16-/m1/s1. The summed E-state index contributed by atoms with van der Waals surface area (Å²) in [6.07, 6.45) is 4.06. The van der Waals surface area contributed by atoms with Crippen LogP contribution in [0.25, 0.3) is 0 Å². The molecule has 1 aliphatic rings. The van der Waals surface area contributed by atoms with Gasteiger partial charge in [0.05, 0.1) is 6.42 Å². The van der Waals surface area contributed by atoms with Crippen LogP contribution in [0.3, 0.4) is 0 Å². The zero-order chi connectivity index (χ0) is 18.9. The summed E-state index contributed by atoms with van der Waals surface area (Å²) in [6.45, 7) is 2.70. The Bertz CT molecular complexity index is 633. The summed E-state index contributed by atoms with van der Waals surface area (Å²) < 4.78 is 5.05. The van der Waals surface area contributed by atoms with Crippen LogP contribution in [0.4, 0.5) is 0 Å². The number of amides is 2. The molecule has 7 heteroatoms. The topological polar surface area (TPSA) is 75.7 Å². The molecule has 0 aliphatic carbocycles. The van der Waals surface area contributed by atoms with Crippen LogP contribution in [0.5, 0.6) is 0 Å². The molecular formula is C19H25ClN2O4. The minimum Gasteiger partial charge on any atom is -0.456 e. The van der Waals surface area contributed by atoms with Gasteiger partial charge in [0.2, 0.25) is 0 Å². The first kappa shape index (κ1) is 20.2. The van der Waals surface area contributed by atoms with Crippen molar-refractivity contribution in [2.75, 3.05) is 19.7 Å². The molecule has 0 saturated carbocycles. The van der Waals surface area contributed by atoms with E-state index in [2.05, 4.69) is 12.2 Å². The fourth-order valence-corrected chi connectivity index (χ4v) is 3.16. The molecule has 1 aromatic rings. The average molecular weight is 381 g/mol. The minimum absolute atomic E-state index is 0.0177. The van der Waals surface area contributed by atoms with E-state index in [4.69, 9.17) is 16.3 Å². The lowest BCUT2D eigenvalue weighted by atomic mass is 10.00. The molecule has 1 aromatic carbocycles. The van der Waals surface area contributed by atoms with E-state index in [1.807, 2.05) is 4.90 Å². The summed E-state index contributed by atoms with van der Waals surface area (Å²) in [6, 6.07) is 6.71. The number of esters is 1. The number of likely N-dealkylation sites (tertiary alicyclic amines) is 1. The average Bonchev–Trinajstić information content (AvgIpc) is 2.66. The molecule has 0 radical (unpaired) electrons. The van der Waals surface area contributed by atoms with E-state index < -0.39 is 5.97 Å². The maximum Gasteiger partial charge on any atom is 0.308 e. The first-order chi connectivity index (χ1) is 12.5. The van der Waals surface area contributed by atoms with Gasteiger partial charge in [-0.3, -0.25) is 14.4 Å². The third kappa shape index (κ3) is 6.02. The summed E-state index contributed by atoms with van der Waals surface area (Å²) in [7, 11) is 0. The van der Waals surface area contributed by atoms with Crippen LogP contribution in [-0.2, 0) is 14.3 Å². The molecule has 1 heterocycles. The number of nitrogens with zero attached hydrogens (tertiary/aromatic N) is 1. The SMILES string of the molecule is CC[C@@H]1CCCCN1C(=O)COC(=O)CCNC(=O)c1ccc(Cl)cc1. The number of nitrogens with one attached hydrogen (secondary N) is 1. The third-order valence-electron chi connectivity index (χ3n) is 4.50. The minimum atomic E-state index is -0.500. The highest BCUT2D eigenvalue weighted by Crippen LogP contribution is 2.19. The predicted octanol–water partition coefficient (Wildman–Crippen LogP) is 2.79. The van der Waals surface area contributed by atoms with Crippen molar-refractivity contribution >= 4 is 29.4 Å². The molecule has 0 aromatic heterocycles. The Morgan fingerprint density at radius 1 is 1.23 bits per heavy atom. The molecular weight excluding hydrogens is 356 g/mol. The number of carbonyl (C=O) groups excluding carboxylic acids is 3. The van der Waals surface area contributed by atoms with Crippen LogP contribution in [-0.4, -0.2) is 48.4 Å². The van der Waals surface area contributed by atoms with E-state index in [1.54, 1.807) is 24.3 Å². The quantitative estimate of drug-likeness (QED) is 0.738. The van der Waals surface area contributed by atoms with Crippen molar-refractivity contribution in [3.05, 3.63) is 34.9 Å². The first-order valence-electron chi connectivity index (χ1n) is 9.00. The van der Waals surface area contributed by atoms with E-state index >= 15 is 0 Å². The molecule has 1 aliphatic heterocycles. The Morgan fingerprint density at radius 3 is 2.65 bits per heavy atom. The van der Waals surface area contributed by atoms with Gasteiger partial charge in [-0.2, -0.15) is 0 Å². The molecule has 6 nitrogen and oxygen atoms in total. The van der Waals surface area contributed by atoms with Crippen molar-refractivity contribution < 1.29 is 19.1 Å². The molecule has 0 bridgehead atoms. The number of halogens is 1. The second kappa shape index (κ2) is 10.2. The van der Waals surface area contributed by atoms with Gasteiger partial charge in [0.1, 0.15) is 0 Å². The number of hydrogen-bond donors (Lipinski definition) is 1. The Morgan fingerprint density at radius 2 is 1.96 bits per heavy atom. The fourth-order valence-electron chi connectivity index (χ4n) is 3.03. The van der Waals surface area contributed by atoms with Gasteiger partial charge in [-0.15, -0.1) is 0 Å². The van der Waals surface area contributed by atoms with Crippen LogP contribution in [0.2, 0.25) is 5.02 Å². The van der Waals surface area contributed by atoms with Gasteiger partial charge in [-0.1, -0.05) is 18.5 Å². The number of piperidine rings is 1. The third-order valence-corrected chi connectivity index (χ3v) is 4.75. The van der Waals surface area contributed by atoms with Gasteiger partial charge >= 0.3 is 5.97 Å². The summed E-state index contributed by atoms with van der Waals surface area (Å²) in [5.74, 6) is -0.931. The normalized spacial score (nSPS) is 16.8. The lowest BCUT2D eigenvalue weighted by molar-refractivity contribution is -0.153. The Hall–Kier alpha value is -2.08. The van der Waals surface area contributed by atoms with Crippen molar-refractivity contribution in [3.63, 3.8) is 0 Å². The Labute approximate surface area is 158 Å². The zero-order valence-electron chi connectivity index (χ0n) is 15.0. The molecule has 2 rings (SSSR count). The van der Waals surface area contributed by atoms with Crippen molar-refractivity contribution in [2.24, 2.45) is 0 Å². The lowest BCUT2D eigenvalue weighted by Gasteiger charge is -2.35. The zero-order valence-corrected chi connectivity index (χ0v) is 15.8. The molecule has 1 fully saturated rings. The summed E-state index contributed by atoms with van der Waals surface area (Å²) in [5.41, 5.74) is 0.466. The second-order valence-electron chi connectivity index (χ2n) is 6.32. The second-order valence-corrected chi connectivity index (χ2v) is 6.75. The van der Waals surface area contributed by atoms with Gasteiger partial charge in [0.15, 0.2) is 6.61 Å². The monoisotopic (exact) mass is 380 g/mol. The van der Waals surface area contributed by atoms with Gasteiger partial charge in [-0.25, -0.2) is 0 Å². The fraction of sp³-hybridized carbons (Fsp3) is 0.526. The van der Waals surface area contributed by atoms with Gasteiger partial charge < -0.3 is 15.0 Å². The Kier molecular flexibility index (Phi) is 7.91. The number of carbonyl (C=O) groups is 3.